The zero-order valence-corrected chi connectivity index (χ0v) is 18.5. The second-order valence-corrected chi connectivity index (χ2v) is 8.11. The number of anilines is 2. The lowest BCUT2D eigenvalue weighted by atomic mass is 9.92. The number of allylic oxidation sites excluding steroid dienone is 1. The Morgan fingerprint density at radius 2 is 1.76 bits per heavy atom. The highest BCUT2D eigenvalue weighted by Crippen LogP contribution is 2.34. The number of hydrogen-bond acceptors (Lipinski definition) is 6. The topological polar surface area (TPSA) is 76.3 Å². The van der Waals surface area contributed by atoms with Crippen molar-refractivity contribution >= 4 is 11.6 Å². The first-order valence-corrected chi connectivity index (χ1v) is 10.9. The number of nitrogen functional groups attached to an aromatic ring is 1. The monoisotopic (exact) mass is 445 g/mol. The molecule has 0 unspecified atom stereocenters. The van der Waals surface area contributed by atoms with Crippen LogP contribution in [0.3, 0.4) is 0 Å². The zero-order chi connectivity index (χ0) is 23.3. The molecule has 0 aliphatic carbocycles. The number of benzene rings is 2. The van der Waals surface area contributed by atoms with Gasteiger partial charge in [0.05, 0.1) is 12.1 Å². The van der Waals surface area contributed by atoms with Crippen molar-refractivity contribution in [2.24, 2.45) is 0 Å². The largest absolute Gasteiger partial charge is 0.457 e. The quantitative estimate of drug-likeness (QED) is 0.450. The molecular weight excluding hydrogens is 417 g/mol. The Kier molecular flexibility index (Phi) is 6.58. The maximum atomic E-state index is 15.5. The van der Waals surface area contributed by atoms with Crippen molar-refractivity contribution in [3.05, 3.63) is 85.9 Å². The molecule has 170 valence electrons. The number of likely N-dealkylation sites (tertiary alicyclic amines) is 1. The summed E-state index contributed by atoms with van der Waals surface area (Å²) < 4.78 is 21.3. The van der Waals surface area contributed by atoms with Crippen molar-refractivity contribution in [1.82, 2.24) is 14.9 Å². The summed E-state index contributed by atoms with van der Waals surface area (Å²) in [7, 11) is 0. The normalized spacial score (nSPS) is 15.0. The molecule has 0 bridgehead atoms. The molecule has 7 heteroatoms. The first kappa shape index (κ1) is 22.3. The van der Waals surface area contributed by atoms with Gasteiger partial charge in [0, 0.05) is 31.6 Å². The summed E-state index contributed by atoms with van der Waals surface area (Å²) in [6.45, 7) is 9.04. The van der Waals surface area contributed by atoms with Gasteiger partial charge in [-0.1, -0.05) is 43.5 Å². The maximum Gasteiger partial charge on any atom is 0.139 e. The third kappa shape index (κ3) is 5.31. The fourth-order valence-corrected chi connectivity index (χ4v) is 3.87. The van der Waals surface area contributed by atoms with Gasteiger partial charge in [0.25, 0.3) is 0 Å². The van der Waals surface area contributed by atoms with E-state index in [1.54, 1.807) is 6.08 Å². The molecule has 4 rings (SSSR count). The average Bonchev–Trinajstić information content (AvgIpc) is 2.84. The number of alkyl halides is 1. The van der Waals surface area contributed by atoms with Crippen molar-refractivity contribution < 1.29 is 9.13 Å². The van der Waals surface area contributed by atoms with Crippen LogP contribution in [0, 0.1) is 0 Å². The van der Waals surface area contributed by atoms with Crippen LogP contribution in [0.15, 0.2) is 85.9 Å². The van der Waals surface area contributed by atoms with Gasteiger partial charge in [0.1, 0.15) is 35.1 Å². The van der Waals surface area contributed by atoms with Gasteiger partial charge in [-0.25, -0.2) is 14.4 Å². The van der Waals surface area contributed by atoms with Crippen LogP contribution < -0.4 is 15.8 Å². The Morgan fingerprint density at radius 3 is 2.42 bits per heavy atom. The number of halogens is 1. The van der Waals surface area contributed by atoms with Gasteiger partial charge in [0.2, 0.25) is 0 Å². The lowest BCUT2D eigenvalue weighted by molar-refractivity contribution is 0.0861. The Balaban J connectivity index is 1.46. The predicted molar refractivity (Wildman–Crippen MR) is 131 cm³/mol. The minimum absolute atomic E-state index is 0.139. The fourth-order valence-electron chi connectivity index (χ4n) is 3.87. The molecule has 1 aliphatic heterocycles. The third-order valence-electron chi connectivity index (χ3n) is 5.87. The molecular formula is C26H28FN5O. The molecule has 0 spiro atoms. The highest BCUT2D eigenvalue weighted by molar-refractivity contribution is 5.83. The summed E-state index contributed by atoms with van der Waals surface area (Å²) in [6.07, 6.45) is 3.88. The minimum atomic E-state index is -1.34. The summed E-state index contributed by atoms with van der Waals surface area (Å²) in [5, 5.41) is 3.18. The molecule has 0 amide bonds. The Labute approximate surface area is 193 Å². The number of aromatic nitrogens is 2. The Bertz CT molecular complexity index is 1110. The van der Waals surface area contributed by atoms with E-state index < -0.39 is 5.67 Å². The highest BCUT2D eigenvalue weighted by atomic mass is 19.1. The fraction of sp³-hybridized carbons (Fsp3) is 0.231. The van der Waals surface area contributed by atoms with E-state index in [4.69, 9.17) is 10.5 Å². The molecule has 6 nitrogen and oxygen atoms in total. The lowest BCUT2D eigenvalue weighted by Crippen LogP contribution is -2.44. The smallest absolute Gasteiger partial charge is 0.139 e. The summed E-state index contributed by atoms with van der Waals surface area (Å²) in [6, 6.07) is 17.1. The number of hydrogen-bond donors (Lipinski definition) is 2. The summed E-state index contributed by atoms with van der Waals surface area (Å²) in [5.41, 5.74) is 7.13. The molecule has 1 aromatic heterocycles. The van der Waals surface area contributed by atoms with Gasteiger partial charge >= 0.3 is 0 Å². The van der Waals surface area contributed by atoms with Gasteiger partial charge in [-0.2, -0.15) is 0 Å². The molecule has 3 N–H and O–H groups in total. The van der Waals surface area contributed by atoms with Gasteiger partial charge in [-0.15, -0.1) is 0 Å². The minimum Gasteiger partial charge on any atom is -0.457 e. The van der Waals surface area contributed by atoms with Crippen LogP contribution in [0.2, 0.25) is 0 Å². The van der Waals surface area contributed by atoms with Gasteiger partial charge in [-0.3, -0.25) is 0 Å². The van der Waals surface area contributed by atoms with Crippen molar-refractivity contribution in [1.29, 1.82) is 0 Å². The van der Waals surface area contributed by atoms with Gasteiger partial charge < -0.3 is 20.7 Å². The van der Waals surface area contributed by atoms with Crippen molar-refractivity contribution in [3.63, 3.8) is 0 Å². The number of para-hydroxylation sites is 1. The molecule has 1 aliphatic rings. The van der Waals surface area contributed by atoms with Gasteiger partial charge in [0.15, 0.2) is 0 Å². The zero-order valence-electron chi connectivity index (χ0n) is 18.5. The van der Waals surface area contributed by atoms with Crippen molar-refractivity contribution in [2.45, 2.75) is 18.5 Å². The molecule has 1 fully saturated rings. The van der Waals surface area contributed by atoms with Crippen molar-refractivity contribution in [2.75, 3.05) is 30.7 Å². The summed E-state index contributed by atoms with van der Waals surface area (Å²) in [4.78, 5) is 10.5. The average molecular weight is 446 g/mol. The number of nitrogens with two attached hydrogens (primary N) is 1. The van der Waals surface area contributed by atoms with Crippen LogP contribution in [-0.4, -0.2) is 40.2 Å². The van der Waals surface area contributed by atoms with E-state index in [2.05, 4.69) is 33.3 Å². The number of nitrogens with one attached hydrogen (secondary N) is 1. The summed E-state index contributed by atoms with van der Waals surface area (Å²) >= 11 is 0. The van der Waals surface area contributed by atoms with E-state index in [0.717, 1.165) is 17.0 Å². The van der Waals surface area contributed by atoms with Crippen LogP contribution in [0.5, 0.6) is 11.5 Å². The molecule has 0 atom stereocenters. The van der Waals surface area contributed by atoms with Crippen LogP contribution in [0.25, 0.3) is 11.1 Å². The van der Waals surface area contributed by atoms with Crippen LogP contribution in [0.1, 0.15) is 12.8 Å². The lowest BCUT2D eigenvalue weighted by Gasteiger charge is -2.38. The second-order valence-electron chi connectivity index (χ2n) is 8.11. The first-order chi connectivity index (χ1) is 16.0. The SMILES string of the molecule is C=CC(=C)N1CCC(F)(CNc2ncnc(N)c2-c2ccc(Oc3ccccc3)cc2)CC1. The number of nitrogens with zero attached hydrogens (tertiary/aromatic N) is 3. The van der Waals surface area contributed by atoms with E-state index in [1.165, 1.54) is 6.33 Å². The molecule has 3 aromatic rings. The van der Waals surface area contributed by atoms with Crippen molar-refractivity contribution in [3.8, 4) is 22.6 Å². The number of rotatable bonds is 8. The second kappa shape index (κ2) is 9.73. The van der Waals surface area contributed by atoms with Crippen LogP contribution in [-0.2, 0) is 0 Å². The van der Waals surface area contributed by atoms with E-state index >= 15 is 4.39 Å². The Hall–Kier alpha value is -3.87. The standard InChI is InChI=1S/C26H28FN5O/c1-3-19(2)32-15-13-26(27,14-16-32)17-29-25-23(24(28)30-18-31-25)20-9-11-22(12-10-20)33-21-7-5-4-6-8-21/h3-12,18H,1-2,13-17H2,(H3,28,29,30,31). The molecule has 33 heavy (non-hydrogen) atoms. The predicted octanol–water partition coefficient (Wildman–Crippen LogP) is 5.43. The highest BCUT2D eigenvalue weighted by Gasteiger charge is 2.34. The van der Waals surface area contributed by atoms with E-state index in [-0.39, 0.29) is 6.54 Å². The third-order valence-corrected chi connectivity index (χ3v) is 5.87. The first-order valence-electron chi connectivity index (χ1n) is 10.9. The Morgan fingerprint density at radius 1 is 1.09 bits per heavy atom. The van der Waals surface area contributed by atoms with Crippen LogP contribution in [0.4, 0.5) is 16.0 Å². The van der Waals surface area contributed by atoms with E-state index in [9.17, 15) is 0 Å². The number of ether oxygens (including phenoxy) is 1. The molecule has 0 saturated carbocycles. The molecule has 2 heterocycles. The van der Waals surface area contributed by atoms with Crippen LogP contribution >= 0.6 is 0 Å². The number of piperidine rings is 1. The van der Waals surface area contributed by atoms with Gasteiger partial charge in [-0.05, 0) is 35.9 Å². The molecule has 0 radical (unpaired) electrons. The van der Waals surface area contributed by atoms with E-state index in [0.29, 0.717) is 48.9 Å². The maximum absolute atomic E-state index is 15.5. The molecule has 2 aromatic carbocycles. The van der Waals surface area contributed by atoms with E-state index in [1.807, 2.05) is 54.6 Å². The summed E-state index contributed by atoms with van der Waals surface area (Å²) in [5.74, 6) is 2.29. The molecule has 1 saturated heterocycles.